The number of carbonyl (C=O) groups is 2. The molecule has 1 atom stereocenters. The molecule has 5 heteroatoms. The molecule has 4 nitrogen and oxygen atoms in total. The first-order chi connectivity index (χ1) is 7.99. The van der Waals surface area contributed by atoms with Crippen molar-refractivity contribution in [1.82, 2.24) is 4.90 Å². The molecule has 1 aliphatic heterocycles. The molecule has 0 fully saturated rings. The van der Waals surface area contributed by atoms with Crippen molar-refractivity contribution in [2.75, 3.05) is 13.7 Å². The summed E-state index contributed by atoms with van der Waals surface area (Å²) in [5.74, 6) is -0.253. The molecule has 0 spiro atoms. The van der Waals surface area contributed by atoms with Crippen LogP contribution in [0.3, 0.4) is 0 Å². The maximum absolute atomic E-state index is 11.7. The number of rotatable bonds is 4. The lowest BCUT2D eigenvalue weighted by Gasteiger charge is -2.29. The maximum atomic E-state index is 11.7. The highest BCUT2D eigenvalue weighted by molar-refractivity contribution is 9.11. The minimum absolute atomic E-state index is 0.0138. The zero-order valence-electron chi connectivity index (χ0n) is 10.2. The van der Waals surface area contributed by atoms with Crippen LogP contribution < -0.4 is 0 Å². The highest BCUT2D eigenvalue weighted by atomic mass is 79.9. The van der Waals surface area contributed by atoms with Gasteiger partial charge in [-0.3, -0.25) is 4.79 Å². The fraction of sp³-hybridized carbons (Fsp3) is 0.500. The van der Waals surface area contributed by atoms with Gasteiger partial charge in [-0.25, -0.2) is 4.79 Å². The molecule has 1 rings (SSSR count). The van der Waals surface area contributed by atoms with Gasteiger partial charge in [0.15, 0.2) is 0 Å². The summed E-state index contributed by atoms with van der Waals surface area (Å²) in [6.45, 7) is 3.68. The second-order valence-corrected chi connectivity index (χ2v) is 4.71. The van der Waals surface area contributed by atoms with Crippen molar-refractivity contribution in [3.63, 3.8) is 0 Å². The topological polar surface area (TPSA) is 46.6 Å². The lowest BCUT2D eigenvalue weighted by molar-refractivity contribution is -0.137. The number of hydrogen-bond donors (Lipinski definition) is 0. The molecule has 1 heterocycles. The Kier molecular flexibility index (Phi) is 4.93. The summed E-state index contributed by atoms with van der Waals surface area (Å²) in [6, 6.07) is 0. The maximum Gasteiger partial charge on any atom is 0.354 e. The van der Waals surface area contributed by atoms with Crippen LogP contribution in [0, 0.1) is 5.92 Å². The van der Waals surface area contributed by atoms with Crippen LogP contribution in [0.2, 0.25) is 0 Å². The zero-order valence-corrected chi connectivity index (χ0v) is 11.8. The van der Waals surface area contributed by atoms with Crippen LogP contribution >= 0.6 is 15.9 Å². The van der Waals surface area contributed by atoms with Gasteiger partial charge in [0, 0.05) is 0 Å². The summed E-state index contributed by atoms with van der Waals surface area (Å²) in [5, 5.41) is 0. The lowest BCUT2D eigenvalue weighted by Crippen LogP contribution is -2.33. The molecular formula is C12H16BrNO3. The molecular weight excluding hydrogens is 286 g/mol. The Morgan fingerprint density at radius 3 is 2.59 bits per heavy atom. The minimum Gasteiger partial charge on any atom is -0.464 e. The molecule has 1 aliphatic rings. The minimum atomic E-state index is -0.422. The fourth-order valence-corrected chi connectivity index (χ4v) is 2.28. The quantitative estimate of drug-likeness (QED) is 0.590. The molecule has 0 amide bonds. The molecule has 0 saturated carbocycles. The number of Topliss-reactive ketones (excluding diaryl/α,β-unsaturated/α-hetero) is 1. The molecule has 0 saturated heterocycles. The van der Waals surface area contributed by atoms with E-state index in [2.05, 4.69) is 15.9 Å². The Morgan fingerprint density at radius 1 is 1.47 bits per heavy atom. The van der Waals surface area contributed by atoms with Crippen LogP contribution in [0.25, 0.3) is 0 Å². The molecule has 94 valence electrons. The smallest absolute Gasteiger partial charge is 0.354 e. The Balaban J connectivity index is 3.03. The van der Waals surface area contributed by atoms with Crippen molar-refractivity contribution in [2.45, 2.75) is 20.3 Å². The van der Waals surface area contributed by atoms with Crippen LogP contribution in [0.4, 0.5) is 0 Å². The predicted octanol–water partition coefficient (Wildman–Crippen LogP) is 2.21. The third-order valence-corrected chi connectivity index (χ3v) is 3.21. The highest BCUT2D eigenvalue weighted by Crippen LogP contribution is 2.29. The van der Waals surface area contributed by atoms with Gasteiger partial charge in [-0.05, 0) is 47.3 Å². The molecule has 17 heavy (non-hydrogen) atoms. The number of hydrogen-bond acceptors (Lipinski definition) is 4. The van der Waals surface area contributed by atoms with E-state index in [-0.39, 0.29) is 18.2 Å². The van der Waals surface area contributed by atoms with E-state index in [9.17, 15) is 9.59 Å². The third kappa shape index (κ3) is 3.43. The summed E-state index contributed by atoms with van der Waals surface area (Å²) < 4.78 is 5.47. The largest absolute Gasteiger partial charge is 0.464 e. The summed E-state index contributed by atoms with van der Waals surface area (Å²) >= 11 is 3.39. The van der Waals surface area contributed by atoms with E-state index in [0.29, 0.717) is 5.70 Å². The summed E-state index contributed by atoms with van der Waals surface area (Å²) in [4.78, 5) is 24.5. The zero-order chi connectivity index (χ0) is 13.0. The summed E-state index contributed by atoms with van der Waals surface area (Å²) in [7, 11) is 1.34. The van der Waals surface area contributed by atoms with Crippen molar-refractivity contribution in [1.29, 1.82) is 0 Å². The Labute approximate surface area is 109 Å². The molecule has 0 aromatic carbocycles. The van der Waals surface area contributed by atoms with Crippen molar-refractivity contribution in [3.8, 4) is 0 Å². The second-order valence-electron chi connectivity index (χ2n) is 3.89. The normalized spacial score (nSPS) is 19.5. The van der Waals surface area contributed by atoms with Crippen LogP contribution in [0.1, 0.15) is 20.3 Å². The Hall–Kier alpha value is -1.10. The highest BCUT2D eigenvalue weighted by Gasteiger charge is 2.26. The van der Waals surface area contributed by atoms with Gasteiger partial charge < -0.3 is 9.64 Å². The number of allylic oxidation sites excluding steroid dienone is 2. The number of carbonyl (C=O) groups excluding carboxylic acids is 2. The van der Waals surface area contributed by atoms with Crippen LogP contribution in [-0.2, 0) is 14.3 Å². The van der Waals surface area contributed by atoms with Gasteiger partial charge in [-0.2, -0.15) is 0 Å². The van der Waals surface area contributed by atoms with Gasteiger partial charge in [0.05, 0.1) is 18.3 Å². The van der Waals surface area contributed by atoms with E-state index in [1.165, 1.54) is 14.0 Å². The van der Waals surface area contributed by atoms with Crippen LogP contribution in [0.5, 0.6) is 0 Å². The van der Waals surface area contributed by atoms with Crippen molar-refractivity contribution >= 4 is 27.7 Å². The van der Waals surface area contributed by atoms with Gasteiger partial charge in [0.25, 0.3) is 0 Å². The third-order valence-electron chi connectivity index (χ3n) is 2.52. The SMILES string of the molecule is CCC1C=C(Br)N(CC(C)=O)C(C(=O)OC)=C1. The number of ether oxygens (including phenoxy) is 1. The van der Waals surface area contributed by atoms with Gasteiger partial charge >= 0.3 is 5.97 Å². The first kappa shape index (κ1) is 14.0. The monoisotopic (exact) mass is 301 g/mol. The van der Waals surface area contributed by atoms with E-state index in [0.717, 1.165) is 11.0 Å². The average molecular weight is 302 g/mol. The summed E-state index contributed by atoms with van der Waals surface area (Å²) in [5.41, 5.74) is 0.420. The number of nitrogens with zero attached hydrogens (tertiary/aromatic N) is 1. The Morgan fingerprint density at radius 2 is 2.12 bits per heavy atom. The molecule has 0 radical (unpaired) electrons. The number of ketones is 1. The van der Waals surface area contributed by atoms with E-state index in [1.807, 2.05) is 19.1 Å². The molecule has 0 aromatic rings. The predicted molar refractivity (Wildman–Crippen MR) is 68.3 cm³/mol. The average Bonchev–Trinajstić information content (AvgIpc) is 2.29. The molecule has 0 aliphatic carbocycles. The van der Waals surface area contributed by atoms with Crippen molar-refractivity contribution in [2.24, 2.45) is 5.92 Å². The first-order valence-electron chi connectivity index (χ1n) is 5.44. The lowest BCUT2D eigenvalue weighted by atomic mass is 10.0. The first-order valence-corrected chi connectivity index (χ1v) is 6.23. The number of halogens is 1. The molecule has 0 bridgehead atoms. The van der Waals surface area contributed by atoms with Gasteiger partial charge in [-0.15, -0.1) is 0 Å². The van der Waals surface area contributed by atoms with Gasteiger partial charge in [0.1, 0.15) is 11.5 Å². The summed E-state index contributed by atoms with van der Waals surface area (Å²) in [6.07, 6.45) is 4.71. The van der Waals surface area contributed by atoms with Crippen LogP contribution in [-0.4, -0.2) is 30.3 Å². The van der Waals surface area contributed by atoms with E-state index in [1.54, 1.807) is 4.90 Å². The number of methoxy groups -OCH3 is 1. The fourth-order valence-electron chi connectivity index (χ4n) is 1.62. The van der Waals surface area contributed by atoms with E-state index < -0.39 is 5.97 Å². The molecule has 0 aromatic heterocycles. The van der Waals surface area contributed by atoms with E-state index >= 15 is 0 Å². The number of esters is 1. The van der Waals surface area contributed by atoms with Crippen molar-refractivity contribution < 1.29 is 14.3 Å². The molecule has 0 N–H and O–H groups in total. The van der Waals surface area contributed by atoms with Crippen molar-refractivity contribution in [3.05, 3.63) is 22.5 Å². The van der Waals surface area contributed by atoms with E-state index in [4.69, 9.17) is 4.74 Å². The van der Waals surface area contributed by atoms with Gasteiger partial charge in [0.2, 0.25) is 0 Å². The standard InChI is InChI=1S/C12H16BrNO3/c1-4-9-5-10(12(16)17-3)14(7-8(2)15)11(13)6-9/h5-6,9H,4,7H2,1-3H3. The van der Waals surface area contributed by atoms with Crippen LogP contribution in [0.15, 0.2) is 22.5 Å². The van der Waals surface area contributed by atoms with Gasteiger partial charge in [-0.1, -0.05) is 6.92 Å². The Bertz CT molecular complexity index is 387. The molecule has 1 unspecified atom stereocenters. The second kappa shape index (κ2) is 6.00.